The number of rotatable bonds is 4. The highest BCUT2D eigenvalue weighted by atomic mass is 16.5. The number of benzene rings is 1. The van der Waals surface area contributed by atoms with Crippen LogP contribution in [0.4, 0.5) is 0 Å². The standard InChI is InChI=1S/C14H15N3O2/c1-9-6-11(8-15)4-5-12(9)14-16-13(17-19-14)7-10(2)18-3/h4-6,10H,7H2,1-3H3. The monoisotopic (exact) mass is 257 g/mol. The van der Waals surface area contributed by atoms with Gasteiger partial charge in [0.1, 0.15) is 0 Å². The van der Waals surface area contributed by atoms with E-state index in [1.165, 1.54) is 0 Å². The fourth-order valence-electron chi connectivity index (χ4n) is 1.76. The summed E-state index contributed by atoms with van der Waals surface area (Å²) in [7, 11) is 1.65. The molecule has 0 aliphatic heterocycles. The molecule has 1 unspecified atom stereocenters. The molecule has 0 amide bonds. The smallest absolute Gasteiger partial charge is 0.258 e. The molecule has 1 atom stereocenters. The van der Waals surface area contributed by atoms with Crippen molar-refractivity contribution in [1.82, 2.24) is 10.1 Å². The molecule has 0 aliphatic carbocycles. The molecule has 1 aromatic heterocycles. The topological polar surface area (TPSA) is 71.9 Å². The van der Waals surface area contributed by atoms with Crippen LogP contribution in [0.3, 0.4) is 0 Å². The SMILES string of the molecule is COC(C)Cc1noc(-c2ccc(C#N)cc2C)n1. The van der Waals surface area contributed by atoms with E-state index in [4.69, 9.17) is 14.5 Å². The molecule has 0 radical (unpaired) electrons. The van der Waals surface area contributed by atoms with E-state index >= 15 is 0 Å². The van der Waals surface area contributed by atoms with Crippen LogP contribution >= 0.6 is 0 Å². The summed E-state index contributed by atoms with van der Waals surface area (Å²) in [5.74, 6) is 1.09. The normalized spacial score (nSPS) is 12.1. The third kappa shape index (κ3) is 2.98. The van der Waals surface area contributed by atoms with E-state index in [0.717, 1.165) is 11.1 Å². The van der Waals surface area contributed by atoms with Crippen LogP contribution in [0.15, 0.2) is 22.7 Å². The molecule has 19 heavy (non-hydrogen) atoms. The van der Waals surface area contributed by atoms with Gasteiger partial charge in [-0.1, -0.05) is 5.16 Å². The maximum absolute atomic E-state index is 8.84. The van der Waals surface area contributed by atoms with Gasteiger partial charge < -0.3 is 9.26 Å². The van der Waals surface area contributed by atoms with E-state index < -0.39 is 0 Å². The van der Waals surface area contributed by atoms with Crippen LogP contribution in [0.2, 0.25) is 0 Å². The number of nitriles is 1. The molecule has 0 bridgehead atoms. The fourth-order valence-corrected chi connectivity index (χ4v) is 1.76. The van der Waals surface area contributed by atoms with Crippen molar-refractivity contribution < 1.29 is 9.26 Å². The van der Waals surface area contributed by atoms with Crippen molar-refractivity contribution in [2.75, 3.05) is 7.11 Å². The Bertz CT molecular complexity index is 613. The van der Waals surface area contributed by atoms with E-state index in [0.29, 0.717) is 23.7 Å². The Labute approximate surface area is 111 Å². The summed E-state index contributed by atoms with van der Waals surface area (Å²) in [4.78, 5) is 4.34. The van der Waals surface area contributed by atoms with Gasteiger partial charge in [-0.05, 0) is 37.6 Å². The molecule has 2 rings (SSSR count). The molecule has 5 nitrogen and oxygen atoms in total. The molecule has 98 valence electrons. The lowest BCUT2D eigenvalue weighted by molar-refractivity contribution is 0.116. The second kappa shape index (κ2) is 5.63. The lowest BCUT2D eigenvalue weighted by Gasteiger charge is -2.04. The van der Waals surface area contributed by atoms with Crippen molar-refractivity contribution in [1.29, 1.82) is 5.26 Å². The second-order valence-corrected chi connectivity index (χ2v) is 4.41. The summed E-state index contributed by atoms with van der Waals surface area (Å²) < 4.78 is 10.4. The maximum Gasteiger partial charge on any atom is 0.258 e. The second-order valence-electron chi connectivity index (χ2n) is 4.41. The van der Waals surface area contributed by atoms with Gasteiger partial charge in [0.2, 0.25) is 0 Å². The number of hydrogen-bond acceptors (Lipinski definition) is 5. The maximum atomic E-state index is 8.84. The number of hydrogen-bond donors (Lipinski definition) is 0. The van der Waals surface area contributed by atoms with Gasteiger partial charge >= 0.3 is 0 Å². The van der Waals surface area contributed by atoms with Crippen LogP contribution in [0.1, 0.15) is 23.9 Å². The lowest BCUT2D eigenvalue weighted by atomic mass is 10.1. The summed E-state index contributed by atoms with van der Waals surface area (Å²) in [5, 5.41) is 12.8. The van der Waals surface area contributed by atoms with Crippen molar-refractivity contribution in [2.24, 2.45) is 0 Å². The first-order valence-corrected chi connectivity index (χ1v) is 6.00. The predicted octanol–water partition coefficient (Wildman–Crippen LogP) is 2.49. The van der Waals surface area contributed by atoms with Crippen LogP contribution in [-0.2, 0) is 11.2 Å². The average molecular weight is 257 g/mol. The molecule has 2 aromatic rings. The molecule has 0 N–H and O–H groups in total. The largest absolute Gasteiger partial charge is 0.381 e. The van der Waals surface area contributed by atoms with Crippen LogP contribution in [0, 0.1) is 18.3 Å². The molecule has 0 saturated heterocycles. The number of methoxy groups -OCH3 is 1. The quantitative estimate of drug-likeness (QED) is 0.841. The van der Waals surface area contributed by atoms with Gasteiger partial charge in [-0.2, -0.15) is 10.2 Å². The molecule has 1 heterocycles. The van der Waals surface area contributed by atoms with Gasteiger partial charge in [-0.25, -0.2) is 0 Å². The molecular formula is C14H15N3O2. The minimum Gasteiger partial charge on any atom is -0.381 e. The number of ether oxygens (including phenoxy) is 1. The summed E-state index contributed by atoms with van der Waals surface area (Å²) >= 11 is 0. The highest BCUT2D eigenvalue weighted by Gasteiger charge is 2.13. The molecule has 0 aliphatic rings. The molecule has 0 fully saturated rings. The average Bonchev–Trinajstić information content (AvgIpc) is 2.86. The van der Waals surface area contributed by atoms with Crippen LogP contribution in [0.5, 0.6) is 0 Å². The molecular weight excluding hydrogens is 242 g/mol. The van der Waals surface area contributed by atoms with Crippen molar-refractivity contribution in [2.45, 2.75) is 26.4 Å². The Morgan fingerprint density at radius 2 is 2.26 bits per heavy atom. The lowest BCUT2D eigenvalue weighted by Crippen LogP contribution is -2.09. The number of nitrogens with zero attached hydrogens (tertiary/aromatic N) is 3. The van der Waals surface area contributed by atoms with E-state index in [-0.39, 0.29) is 6.10 Å². The third-order valence-electron chi connectivity index (χ3n) is 2.93. The van der Waals surface area contributed by atoms with Crippen LogP contribution in [-0.4, -0.2) is 23.4 Å². The number of aryl methyl sites for hydroxylation is 1. The summed E-state index contributed by atoms with van der Waals surface area (Å²) in [5.41, 5.74) is 2.41. The van der Waals surface area contributed by atoms with E-state index in [1.54, 1.807) is 19.2 Å². The first-order chi connectivity index (χ1) is 9.13. The Morgan fingerprint density at radius 1 is 1.47 bits per heavy atom. The fraction of sp³-hybridized carbons (Fsp3) is 0.357. The van der Waals surface area contributed by atoms with Gasteiger partial charge in [-0.15, -0.1) is 0 Å². The zero-order valence-electron chi connectivity index (χ0n) is 11.2. The van der Waals surface area contributed by atoms with Gasteiger partial charge in [0, 0.05) is 19.1 Å². The molecule has 1 aromatic carbocycles. The van der Waals surface area contributed by atoms with Gasteiger partial charge in [0.05, 0.1) is 17.7 Å². The summed E-state index contributed by atoms with van der Waals surface area (Å²) in [6.45, 7) is 3.86. The van der Waals surface area contributed by atoms with Crippen molar-refractivity contribution in [3.05, 3.63) is 35.2 Å². The summed E-state index contributed by atoms with van der Waals surface area (Å²) in [6, 6.07) is 7.47. The van der Waals surface area contributed by atoms with E-state index in [2.05, 4.69) is 16.2 Å². The third-order valence-corrected chi connectivity index (χ3v) is 2.93. The van der Waals surface area contributed by atoms with Gasteiger partial charge in [0.25, 0.3) is 5.89 Å². The van der Waals surface area contributed by atoms with E-state index in [1.807, 2.05) is 19.9 Å². The Balaban J connectivity index is 2.26. The first kappa shape index (κ1) is 13.2. The Hall–Kier alpha value is -2.19. The van der Waals surface area contributed by atoms with Crippen LogP contribution < -0.4 is 0 Å². The highest BCUT2D eigenvalue weighted by molar-refractivity contribution is 5.60. The van der Waals surface area contributed by atoms with Crippen molar-refractivity contribution in [3.63, 3.8) is 0 Å². The molecule has 5 heteroatoms. The van der Waals surface area contributed by atoms with Crippen molar-refractivity contribution >= 4 is 0 Å². The van der Waals surface area contributed by atoms with E-state index in [9.17, 15) is 0 Å². The Morgan fingerprint density at radius 3 is 2.89 bits per heavy atom. The molecule has 0 saturated carbocycles. The first-order valence-electron chi connectivity index (χ1n) is 6.00. The van der Waals surface area contributed by atoms with Gasteiger partial charge in [-0.3, -0.25) is 0 Å². The summed E-state index contributed by atoms with van der Waals surface area (Å²) in [6.07, 6.45) is 0.655. The molecule has 0 spiro atoms. The zero-order valence-corrected chi connectivity index (χ0v) is 11.2. The zero-order chi connectivity index (χ0) is 13.8. The Kier molecular flexibility index (Phi) is 3.93. The number of aromatic nitrogens is 2. The van der Waals surface area contributed by atoms with Crippen LogP contribution in [0.25, 0.3) is 11.5 Å². The predicted molar refractivity (Wildman–Crippen MR) is 69.4 cm³/mol. The highest BCUT2D eigenvalue weighted by Crippen LogP contribution is 2.22. The van der Waals surface area contributed by atoms with Crippen molar-refractivity contribution in [3.8, 4) is 17.5 Å². The van der Waals surface area contributed by atoms with Gasteiger partial charge in [0.15, 0.2) is 5.82 Å². The minimum absolute atomic E-state index is 0.0486. The minimum atomic E-state index is 0.0486.